The highest BCUT2D eigenvalue weighted by Gasteiger charge is 2.34. The number of nitrogens with one attached hydrogen (secondary N) is 1. The zero-order valence-electron chi connectivity index (χ0n) is 16.2. The standard InChI is InChI=1S/C20H30N2O3S/c1-22(2,14-9-7-8-10-14)13-17(23)21-19-18(20(24)25-3)15-11-5-4-6-12-16(15)26-19/h14H,4-13H2,1-3H3/p+1. The zero-order chi connectivity index (χ0) is 18.7. The van der Waals surface area contributed by atoms with Gasteiger partial charge in [-0.15, -0.1) is 11.3 Å². The van der Waals surface area contributed by atoms with Crippen molar-refractivity contribution in [2.24, 2.45) is 0 Å². The summed E-state index contributed by atoms with van der Waals surface area (Å²) >= 11 is 1.57. The number of anilines is 1. The second-order valence-electron chi connectivity index (χ2n) is 8.18. The average molecular weight is 380 g/mol. The largest absolute Gasteiger partial charge is 0.465 e. The summed E-state index contributed by atoms with van der Waals surface area (Å²) in [7, 11) is 5.69. The number of carbonyl (C=O) groups excluding carboxylic acids is 2. The van der Waals surface area contributed by atoms with Crippen LogP contribution in [0.3, 0.4) is 0 Å². The monoisotopic (exact) mass is 379 g/mol. The van der Waals surface area contributed by atoms with Gasteiger partial charge in [0.15, 0.2) is 6.54 Å². The van der Waals surface area contributed by atoms with Crippen molar-refractivity contribution in [1.82, 2.24) is 0 Å². The summed E-state index contributed by atoms with van der Waals surface area (Å²) in [5, 5.41) is 3.73. The topological polar surface area (TPSA) is 55.4 Å². The van der Waals surface area contributed by atoms with E-state index in [2.05, 4.69) is 19.4 Å². The molecule has 5 nitrogen and oxygen atoms in total. The molecule has 1 fully saturated rings. The Hall–Kier alpha value is -1.40. The molecular formula is C20H31N2O3S+. The van der Waals surface area contributed by atoms with E-state index in [1.165, 1.54) is 44.1 Å². The van der Waals surface area contributed by atoms with Crippen molar-refractivity contribution in [3.63, 3.8) is 0 Å². The molecule has 0 spiro atoms. The van der Waals surface area contributed by atoms with Crippen LogP contribution in [0.25, 0.3) is 0 Å². The van der Waals surface area contributed by atoms with Crippen LogP contribution in [0.5, 0.6) is 0 Å². The number of amides is 1. The Morgan fingerprint density at radius 2 is 1.81 bits per heavy atom. The van der Waals surface area contributed by atoms with E-state index in [4.69, 9.17) is 4.74 Å². The van der Waals surface area contributed by atoms with Crippen molar-refractivity contribution < 1.29 is 18.8 Å². The maximum atomic E-state index is 12.8. The van der Waals surface area contributed by atoms with Crippen LogP contribution in [0.2, 0.25) is 0 Å². The Morgan fingerprint density at radius 1 is 1.12 bits per heavy atom. The number of quaternary nitrogens is 1. The molecule has 1 aromatic rings. The van der Waals surface area contributed by atoms with Crippen molar-refractivity contribution in [3.05, 3.63) is 16.0 Å². The first-order valence-corrected chi connectivity index (χ1v) is 10.6. The molecule has 0 bridgehead atoms. The number of aryl methyl sites for hydroxylation is 1. The minimum atomic E-state index is -0.329. The van der Waals surface area contributed by atoms with Gasteiger partial charge in [0, 0.05) is 4.88 Å². The predicted molar refractivity (Wildman–Crippen MR) is 105 cm³/mol. The second-order valence-corrected chi connectivity index (χ2v) is 9.29. The van der Waals surface area contributed by atoms with Crippen LogP contribution >= 0.6 is 11.3 Å². The number of likely N-dealkylation sites (N-methyl/N-ethyl adjacent to an activating group) is 1. The van der Waals surface area contributed by atoms with Crippen LogP contribution in [-0.2, 0) is 22.4 Å². The van der Waals surface area contributed by atoms with E-state index >= 15 is 0 Å². The molecule has 3 rings (SSSR count). The highest BCUT2D eigenvalue weighted by Crippen LogP contribution is 2.38. The minimum Gasteiger partial charge on any atom is -0.465 e. The summed E-state index contributed by atoms with van der Waals surface area (Å²) in [6.07, 6.45) is 10.2. The predicted octanol–water partition coefficient (Wildman–Crippen LogP) is 3.76. The number of thiophene rings is 1. The van der Waals surface area contributed by atoms with E-state index in [1.54, 1.807) is 11.3 Å². The van der Waals surface area contributed by atoms with Gasteiger partial charge in [-0.1, -0.05) is 6.42 Å². The highest BCUT2D eigenvalue weighted by molar-refractivity contribution is 7.17. The summed E-state index contributed by atoms with van der Waals surface area (Å²) in [6, 6.07) is 0.556. The first-order valence-electron chi connectivity index (χ1n) is 9.77. The summed E-state index contributed by atoms with van der Waals surface area (Å²) in [6.45, 7) is 0.438. The van der Waals surface area contributed by atoms with Gasteiger partial charge in [-0.25, -0.2) is 4.79 Å². The van der Waals surface area contributed by atoms with Crippen LogP contribution in [-0.4, -0.2) is 50.2 Å². The number of esters is 1. The highest BCUT2D eigenvalue weighted by atomic mass is 32.1. The number of hydrogen-bond acceptors (Lipinski definition) is 4. The quantitative estimate of drug-likeness (QED) is 0.481. The van der Waals surface area contributed by atoms with Crippen molar-refractivity contribution >= 4 is 28.2 Å². The number of nitrogens with zero attached hydrogens (tertiary/aromatic N) is 1. The van der Waals surface area contributed by atoms with E-state index in [9.17, 15) is 9.59 Å². The fourth-order valence-electron chi connectivity index (χ4n) is 4.42. The van der Waals surface area contributed by atoms with Crippen LogP contribution in [0, 0.1) is 0 Å². The summed E-state index contributed by atoms with van der Waals surface area (Å²) in [4.78, 5) is 26.4. The number of ether oxygens (including phenoxy) is 1. The van der Waals surface area contributed by atoms with Crippen LogP contribution in [0.15, 0.2) is 0 Å². The SMILES string of the molecule is COC(=O)c1c(NC(=O)C[N+](C)(C)C2CCCC2)sc2c1CCCCC2. The maximum Gasteiger partial charge on any atom is 0.341 e. The van der Waals surface area contributed by atoms with E-state index in [0.717, 1.165) is 31.2 Å². The summed E-state index contributed by atoms with van der Waals surface area (Å²) in [5.74, 6) is -0.340. The number of carbonyl (C=O) groups is 2. The average Bonchev–Trinajstić information content (AvgIpc) is 3.18. The summed E-state index contributed by atoms with van der Waals surface area (Å²) < 4.78 is 5.73. The second kappa shape index (κ2) is 8.09. The molecule has 26 heavy (non-hydrogen) atoms. The molecule has 2 aliphatic rings. The van der Waals surface area contributed by atoms with Crippen molar-refractivity contribution in [2.75, 3.05) is 33.1 Å². The lowest BCUT2D eigenvalue weighted by Gasteiger charge is -2.35. The number of methoxy groups -OCH3 is 1. The number of hydrogen-bond donors (Lipinski definition) is 1. The molecule has 0 unspecified atom stereocenters. The molecule has 1 saturated carbocycles. The lowest BCUT2D eigenvalue weighted by molar-refractivity contribution is -0.906. The molecule has 0 atom stereocenters. The molecule has 0 aromatic carbocycles. The fourth-order valence-corrected chi connectivity index (χ4v) is 5.71. The molecule has 6 heteroatoms. The fraction of sp³-hybridized carbons (Fsp3) is 0.700. The minimum absolute atomic E-state index is 0.0107. The van der Waals surface area contributed by atoms with Gasteiger partial charge >= 0.3 is 5.97 Å². The molecule has 0 aliphatic heterocycles. The molecule has 1 aromatic heterocycles. The lowest BCUT2D eigenvalue weighted by Crippen LogP contribution is -2.51. The van der Waals surface area contributed by atoms with Crippen LogP contribution in [0.4, 0.5) is 5.00 Å². The lowest BCUT2D eigenvalue weighted by atomic mass is 10.1. The van der Waals surface area contributed by atoms with Crippen molar-refractivity contribution in [3.8, 4) is 0 Å². The van der Waals surface area contributed by atoms with E-state index in [-0.39, 0.29) is 11.9 Å². The van der Waals surface area contributed by atoms with Gasteiger partial charge in [-0.3, -0.25) is 4.79 Å². The molecule has 1 amide bonds. The Morgan fingerprint density at radius 3 is 2.50 bits per heavy atom. The van der Waals surface area contributed by atoms with Crippen LogP contribution < -0.4 is 5.32 Å². The van der Waals surface area contributed by atoms with Crippen molar-refractivity contribution in [2.45, 2.75) is 63.8 Å². The van der Waals surface area contributed by atoms with Crippen molar-refractivity contribution in [1.29, 1.82) is 0 Å². The Bertz CT molecular complexity index is 675. The smallest absolute Gasteiger partial charge is 0.341 e. The van der Waals surface area contributed by atoms with Gasteiger partial charge in [0.25, 0.3) is 5.91 Å². The number of fused-ring (bicyclic) bond motifs is 1. The normalized spacial score (nSPS) is 18.3. The van der Waals surface area contributed by atoms with E-state index < -0.39 is 0 Å². The summed E-state index contributed by atoms with van der Waals surface area (Å²) in [5.41, 5.74) is 1.69. The van der Waals surface area contributed by atoms with E-state index in [0.29, 0.717) is 27.6 Å². The third-order valence-corrected chi connectivity index (χ3v) is 7.14. The Labute approximate surface area is 160 Å². The van der Waals surface area contributed by atoms with Gasteiger partial charge in [0.05, 0.1) is 32.8 Å². The van der Waals surface area contributed by atoms with Gasteiger partial charge in [-0.05, 0) is 56.9 Å². The molecule has 2 aliphatic carbocycles. The van der Waals surface area contributed by atoms with Crippen LogP contribution in [0.1, 0.15) is 65.7 Å². The van der Waals surface area contributed by atoms with E-state index in [1.807, 2.05) is 0 Å². The molecule has 0 saturated heterocycles. The van der Waals surface area contributed by atoms with Gasteiger partial charge in [0.2, 0.25) is 0 Å². The first kappa shape index (κ1) is 19.4. The molecule has 0 radical (unpaired) electrons. The molecular weight excluding hydrogens is 348 g/mol. The molecule has 1 heterocycles. The third kappa shape index (κ3) is 4.12. The zero-order valence-corrected chi connectivity index (χ0v) is 17.0. The molecule has 1 N–H and O–H groups in total. The van der Waals surface area contributed by atoms with Gasteiger partial charge < -0.3 is 14.5 Å². The Balaban J connectivity index is 1.78. The maximum absolute atomic E-state index is 12.8. The van der Waals surface area contributed by atoms with Gasteiger partial charge in [-0.2, -0.15) is 0 Å². The Kier molecular flexibility index (Phi) is 6.03. The number of rotatable bonds is 5. The first-order chi connectivity index (χ1) is 12.4. The van der Waals surface area contributed by atoms with Gasteiger partial charge in [0.1, 0.15) is 5.00 Å². The molecule has 144 valence electrons. The third-order valence-electron chi connectivity index (χ3n) is 5.93.